The smallest absolute Gasteiger partial charge is 0.257 e. The van der Waals surface area contributed by atoms with Crippen molar-refractivity contribution in [2.24, 2.45) is 0 Å². The third-order valence-corrected chi connectivity index (χ3v) is 4.90. The van der Waals surface area contributed by atoms with Crippen molar-refractivity contribution < 1.29 is 14.0 Å². The van der Waals surface area contributed by atoms with Crippen LogP contribution in [0.3, 0.4) is 0 Å². The minimum Gasteiger partial charge on any atom is -0.349 e. The molecule has 1 aliphatic rings. The number of benzene rings is 2. The highest BCUT2D eigenvalue weighted by Gasteiger charge is 2.19. The zero-order valence-corrected chi connectivity index (χ0v) is 16.2. The van der Waals surface area contributed by atoms with Gasteiger partial charge >= 0.3 is 0 Å². The molecule has 28 heavy (non-hydrogen) atoms. The van der Waals surface area contributed by atoms with Crippen molar-refractivity contribution >= 4 is 34.8 Å². The molecule has 1 aliphatic carbocycles. The summed E-state index contributed by atoms with van der Waals surface area (Å²) in [6, 6.07) is 12.4. The van der Waals surface area contributed by atoms with E-state index in [2.05, 4.69) is 16.0 Å². The molecule has 146 valence electrons. The van der Waals surface area contributed by atoms with Crippen LogP contribution in [0.4, 0.5) is 10.1 Å². The van der Waals surface area contributed by atoms with Crippen molar-refractivity contribution in [1.82, 2.24) is 10.6 Å². The standard InChI is InChI=1S/C21H22FN3O2S/c22-15-12-10-14(11-13-15)19(26)25-21(28)24-18-9-5-4-8-17(18)20(27)23-16-6-2-1-3-7-16/h4-5,8-13,16H,1-3,6-7H2,(H,23,27)(H2,24,25,26,28). The number of hydrogen-bond acceptors (Lipinski definition) is 3. The number of thiocarbonyl (C=S) groups is 1. The summed E-state index contributed by atoms with van der Waals surface area (Å²) < 4.78 is 13.0. The minimum atomic E-state index is -0.457. The van der Waals surface area contributed by atoms with Gasteiger partial charge in [0.25, 0.3) is 11.8 Å². The third kappa shape index (κ3) is 5.36. The van der Waals surface area contributed by atoms with Crippen molar-refractivity contribution in [2.45, 2.75) is 38.1 Å². The lowest BCUT2D eigenvalue weighted by Gasteiger charge is -2.23. The zero-order valence-electron chi connectivity index (χ0n) is 15.3. The van der Waals surface area contributed by atoms with Gasteiger partial charge in [-0.3, -0.25) is 14.9 Å². The van der Waals surface area contributed by atoms with Crippen molar-refractivity contribution in [3.63, 3.8) is 0 Å². The first kappa shape index (κ1) is 19.9. The van der Waals surface area contributed by atoms with Crippen molar-refractivity contribution in [2.75, 3.05) is 5.32 Å². The summed E-state index contributed by atoms with van der Waals surface area (Å²) in [6.45, 7) is 0. The Hall–Kier alpha value is -2.80. The molecule has 0 spiro atoms. The van der Waals surface area contributed by atoms with Crippen LogP contribution in [0.2, 0.25) is 0 Å². The predicted octanol–water partition coefficient (Wildman–Crippen LogP) is 4.02. The fraction of sp³-hybridized carbons (Fsp3) is 0.286. The predicted molar refractivity (Wildman–Crippen MR) is 111 cm³/mol. The van der Waals surface area contributed by atoms with E-state index in [4.69, 9.17) is 12.2 Å². The van der Waals surface area contributed by atoms with Crippen LogP contribution in [-0.4, -0.2) is 23.0 Å². The largest absolute Gasteiger partial charge is 0.349 e. The second kappa shape index (κ2) is 9.41. The Balaban J connectivity index is 1.63. The summed E-state index contributed by atoms with van der Waals surface area (Å²) in [7, 11) is 0. The summed E-state index contributed by atoms with van der Waals surface area (Å²) in [5.41, 5.74) is 1.26. The van der Waals surface area contributed by atoms with Crippen molar-refractivity contribution in [3.05, 3.63) is 65.5 Å². The molecule has 0 bridgehead atoms. The lowest BCUT2D eigenvalue weighted by atomic mass is 9.95. The average Bonchev–Trinajstić information content (AvgIpc) is 2.69. The lowest BCUT2D eigenvalue weighted by molar-refractivity contribution is 0.0927. The van der Waals surface area contributed by atoms with Crippen LogP contribution in [-0.2, 0) is 0 Å². The highest BCUT2D eigenvalue weighted by atomic mass is 32.1. The number of carbonyl (C=O) groups is 2. The molecule has 3 rings (SSSR count). The van der Waals surface area contributed by atoms with Crippen LogP contribution in [0.25, 0.3) is 0 Å². The summed E-state index contributed by atoms with van der Waals surface area (Å²) >= 11 is 5.20. The molecule has 0 saturated heterocycles. The van der Waals surface area contributed by atoms with Gasteiger partial charge in [-0.2, -0.15) is 0 Å². The molecule has 0 heterocycles. The molecule has 2 aromatic carbocycles. The number of halogens is 1. The highest BCUT2D eigenvalue weighted by molar-refractivity contribution is 7.80. The van der Waals surface area contributed by atoms with Gasteiger partial charge in [-0.25, -0.2) is 4.39 Å². The van der Waals surface area contributed by atoms with Crippen LogP contribution in [0.5, 0.6) is 0 Å². The molecule has 3 N–H and O–H groups in total. The Morgan fingerprint density at radius 2 is 1.61 bits per heavy atom. The first-order valence-electron chi connectivity index (χ1n) is 9.31. The molecular formula is C21H22FN3O2S. The number of amides is 2. The number of rotatable bonds is 4. The van der Waals surface area contributed by atoms with Gasteiger partial charge in [-0.15, -0.1) is 0 Å². The van der Waals surface area contributed by atoms with Gasteiger partial charge in [-0.05, 0) is 61.5 Å². The topological polar surface area (TPSA) is 70.2 Å². The molecule has 0 atom stereocenters. The van der Waals surface area contributed by atoms with E-state index in [-0.39, 0.29) is 22.6 Å². The Bertz CT molecular complexity index is 864. The lowest BCUT2D eigenvalue weighted by Crippen LogP contribution is -2.37. The molecule has 0 aromatic heterocycles. The summed E-state index contributed by atoms with van der Waals surface area (Å²) in [5, 5.41) is 8.58. The summed E-state index contributed by atoms with van der Waals surface area (Å²) in [4.78, 5) is 24.9. The van der Waals surface area contributed by atoms with E-state index in [1.54, 1.807) is 24.3 Å². The molecule has 0 unspecified atom stereocenters. The highest BCUT2D eigenvalue weighted by Crippen LogP contribution is 2.20. The molecule has 2 aromatic rings. The molecule has 1 fully saturated rings. The number of carbonyl (C=O) groups excluding carboxylic acids is 2. The van der Waals surface area contributed by atoms with E-state index in [0.717, 1.165) is 25.7 Å². The molecule has 1 saturated carbocycles. The number of para-hydroxylation sites is 1. The third-order valence-electron chi connectivity index (χ3n) is 4.69. The zero-order chi connectivity index (χ0) is 19.9. The maximum atomic E-state index is 13.0. The molecule has 0 aliphatic heterocycles. The first-order chi connectivity index (χ1) is 13.5. The van der Waals surface area contributed by atoms with Crippen LogP contribution < -0.4 is 16.0 Å². The van der Waals surface area contributed by atoms with E-state index in [1.165, 1.54) is 30.7 Å². The Kier molecular flexibility index (Phi) is 6.71. The van der Waals surface area contributed by atoms with E-state index >= 15 is 0 Å². The van der Waals surface area contributed by atoms with Crippen LogP contribution in [0, 0.1) is 5.82 Å². The summed E-state index contributed by atoms with van der Waals surface area (Å²) in [6.07, 6.45) is 5.46. The molecule has 2 amide bonds. The molecule has 0 radical (unpaired) electrons. The quantitative estimate of drug-likeness (QED) is 0.680. The Morgan fingerprint density at radius 3 is 2.32 bits per heavy atom. The number of anilines is 1. The van der Waals surface area contributed by atoms with Crippen molar-refractivity contribution in [1.29, 1.82) is 0 Å². The van der Waals surface area contributed by atoms with Crippen LogP contribution in [0.15, 0.2) is 48.5 Å². The van der Waals surface area contributed by atoms with Gasteiger partial charge in [0, 0.05) is 11.6 Å². The monoisotopic (exact) mass is 399 g/mol. The van der Waals surface area contributed by atoms with E-state index in [0.29, 0.717) is 11.3 Å². The van der Waals surface area contributed by atoms with E-state index in [1.807, 2.05) is 0 Å². The van der Waals surface area contributed by atoms with Gasteiger partial charge in [0.2, 0.25) is 0 Å². The molecule has 7 heteroatoms. The van der Waals surface area contributed by atoms with Crippen molar-refractivity contribution in [3.8, 4) is 0 Å². The average molecular weight is 399 g/mol. The van der Waals surface area contributed by atoms with Gasteiger partial charge in [-0.1, -0.05) is 31.4 Å². The fourth-order valence-corrected chi connectivity index (χ4v) is 3.43. The second-order valence-corrected chi connectivity index (χ2v) is 7.18. The second-order valence-electron chi connectivity index (χ2n) is 6.77. The maximum Gasteiger partial charge on any atom is 0.257 e. The van der Waals surface area contributed by atoms with Crippen LogP contribution in [0.1, 0.15) is 52.8 Å². The van der Waals surface area contributed by atoms with Crippen LogP contribution >= 0.6 is 12.2 Å². The number of nitrogens with one attached hydrogen (secondary N) is 3. The SMILES string of the molecule is O=C(NC(=S)Nc1ccccc1C(=O)NC1CCCCC1)c1ccc(F)cc1. The van der Waals surface area contributed by atoms with E-state index < -0.39 is 11.7 Å². The van der Waals surface area contributed by atoms with Gasteiger partial charge in [0.1, 0.15) is 5.82 Å². The Morgan fingerprint density at radius 1 is 0.929 bits per heavy atom. The minimum absolute atomic E-state index is 0.0623. The first-order valence-corrected chi connectivity index (χ1v) is 9.71. The number of hydrogen-bond donors (Lipinski definition) is 3. The summed E-state index contributed by atoms with van der Waals surface area (Å²) in [5.74, 6) is -1.04. The maximum absolute atomic E-state index is 13.0. The van der Waals surface area contributed by atoms with Gasteiger partial charge in [0.15, 0.2) is 5.11 Å². The van der Waals surface area contributed by atoms with E-state index in [9.17, 15) is 14.0 Å². The fourth-order valence-electron chi connectivity index (χ4n) is 3.23. The molecule has 5 nitrogen and oxygen atoms in total. The normalized spacial score (nSPS) is 14.2. The Labute approximate surface area is 168 Å². The molecular weight excluding hydrogens is 377 g/mol. The van der Waals surface area contributed by atoms with Gasteiger partial charge < -0.3 is 10.6 Å². The van der Waals surface area contributed by atoms with Gasteiger partial charge in [0.05, 0.1) is 11.3 Å².